The summed E-state index contributed by atoms with van der Waals surface area (Å²) in [6, 6.07) is 11.1. The van der Waals surface area contributed by atoms with Gasteiger partial charge in [0.25, 0.3) is 0 Å². The van der Waals surface area contributed by atoms with Crippen LogP contribution in [0, 0.1) is 0 Å². The molecular formula is C19H16BrNO4. The van der Waals surface area contributed by atoms with Crippen molar-refractivity contribution < 1.29 is 19.1 Å². The van der Waals surface area contributed by atoms with Crippen LogP contribution < -0.4 is 4.74 Å². The van der Waals surface area contributed by atoms with Gasteiger partial charge in [-0.1, -0.05) is 12.1 Å². The Morgan fingerprint density at radius 3 is 2.48 bits per heavy atom. The molecule has 3 aromatic rings. The van der Waals surface area contributed by atoms with Crippen molar-refractivity contribution in [3.63, 3.8) is 0 Å². The molecule has 0 radical (unpaired) electrons. The number of carbonyl (C=O) groups is 2. The molecule has 0 spiro atoms. The largest absolute Gasteiger partial charge is 0.497 e. The Labute approximate surface area is 153 Å². The lowest BCUT2D eigenvalue weighted by molar-refractivity contribution is 0.0603. The number of carbonyl (C=O) groups excluding carboxylic acids is 2. The SMILES string of the molecule is COC(=O)c1ccc(Br)c2c1c(C=O)cn2Cc1ccc(OC)cc1. The first-order valence-corrected chi connectivity index (χ1v) is 8.36. The molecule has 0 aliphatic rings. The van der Waals surface area contributed by atoms with Gasteiger partial charge in [-0.05, 0) is 45.8 Å². The van der Waals surface area contributed by atoms with Gasteiger partial charge in [-0.2, -0.15) is 0 Å². The van der Waals surface area contributed by atoms with Crippen LogP contribution in [0.2, 0.25) is 0 Å². The van der Waals surface area contributed by atoms with Gasteiger partial charge in [0.1, 0.15) is 5.75 Å². The number of nitrogens with zero attached hydrogens (tertiary/aromatic N) is 1. The topological polar surface area (TPSA) is 57.5 Å². The van der Waals surface area contributed by atoms with Gasteiger partial charge in [0.05, 0.1) is 25.3 Å². The number of ether oxygens (including phenoxy) is 2. The van der Waals surface area contributed by atoms with Gasteiger partial charge in [0, 0.05) is 28.2 Å². The second kappa shape index (κ2) is 7.11. The average molecular weight is 402 g/mol. The maximum absolute atomic E-state index is 12.1. The third-order valence-electron chi connectivity index (χ3n) is 4.04. The third-order valence-corrected chi connectivity index (χ3v) is 4.68. The van der Waals surface area contributed by atoms with Crippen LogP contribution in [0.3, 0.4) is 0 Å². The third kappa shape index (κ3) is 3.17. The molecular weight excluding hydrogens is 386 g/mol. The summed E-state index contributed by atoms with van der Waals surface area (Å²) in [5, 5.41) is 0.588. The van der Waals surface area contributed by atoms with Crippen molar-refractivity contribution in [2.45, 2.75) is 6.54 Å². The molecule has 0 saturated heterocycles. The maximum atomic E-state index is 12.1. The van der Waals surface area contributed by atoms with Crippen molar-refractivity contribution in [3.05, 3.63) is 63.8 Å². The molecule has 0 bridgehead atoms. The number of aromatic nitrogens is 1. The molecule has 1 heterocycles. The lowest BCUT2D eigenvalue weighted by Gasteiger charge is -2.09. The van der Waals surface area contributed by atoms with Crippen LogP contribution in [-0.2, 0) is 11.3 Å². The normalized spacial score (nSPS) is 10.7. The van der Waals surface area contributed by atoms with Crippen LogP contribution in [0.25, 0.3) is 10.9 Å². The predicted octanol–water partition coefficient (Wildman–Crippen LogP) is 4.06. The van der Waals surface area contributed by atoms with Crippen LogP contribution in [-0.4, -0.2) is 31.0 Å². The first kappa shape index (κ1) is 17.2. The van der Waals surface area contributed by atoms with E-state index in [-0.39, 0.29) is 0 Å². The summed E-state index contributed by atoms with van der Waals surface area (Å²) in [5.41, 5.74) is 2.65. The highest BCUT2D eigenvalue weighted by Crippen LogP contribution is 2.32. The summed E-state index contributed by atoms with van der Waals surface area (Å²) < 4.78 is 12.8. The second-order valence-electron chi connectivity index (χ2n) is 5.49. The zero-order valence-electron chi connectivity index (χ0n) is 13.8. The molecule has 0 aliphatic heterocycles. The molecule has 0 fully saturated rings. The van der Waals surface area contributed by atoms with Gasteiger partial charge >= 0.3 is 5.97 Å². The van der Waals surface area contributed by atoms with Gasteiger partial charge in [0.15, 0.2) is 6.29 Å². The molecule has 0 saturated carbocycles. The number of rotatable bonds is 5. The summed E-state index contributed by atoms with van der Waals surface area (Å²) in [5.74, 6) is 0.312. The van der Waals surface area contributed by atoms with Crippen LogP contribution in [0.1, 0.15) is 26.3 Å². The summed E-state index contributed by atoms with van der Waals surface area (Å²) in [7, 11) is 2.95. The monoisotopic (exact) mass is 401 g/mol. The molecule has 2 aromatic carbocycles. The fourth-order valence-electron chi connectivity index (χ4n) is 2.86. The van der Waals surface area contributed by atoms with E-state index in [2.05, 4.69) is 15.9 Å². The lowest BCUT2D eigenvalue weighted by Crippen LogP contribution is -2.03. The Morgan fingerprint density at radius 2 is 1.88 bits per heavy atom. The smallest absolute Gasteiger partial charge is 0.338 e. The van der Waals surface area contributed by atoms with Gasteiger partial charge in [-0.25, -0.2) is 4.79 Å². The number of benzene rings is 2. The molecule has 0 N–H and O–H groups in total. The van der Waals surface area contributed by atoms with Crippen LogP contribution in [0.15, 0.2) is 47.1 Å². The first-order chi connectivity index (χ1) is 12.1. The van der Waals surface area contributed by atoms with Crippen molar-refractivity contribution in [1.29, 1.82) is 0 Å². The van der Waals surface area contributed by atoms with Crippen molar-refractivity contribution in [2.75, 3.05) is 14.2 Å². The minimum atomic E-state index is -0.470. The van der Waals surface area contributed by atoms with E-state index in [4.69, 9.17) is 9.47 Å². The van der Waals surface area contributed by atoms with E-state index < -0.39 is 5.97 Å². The molecule has 0 amide bonds. The van der Waals surface area contributed by atoms with Crippen molar-refractivity contribution >= 4 is 39.1 Å². The highest BCUT2D eigenvalue weighted by Gasteiger charge is 2.19. The van der Waals surface area contributed by atoms with Gasteiger partial charge < -0.3 is 14.0 Å². The van der Waals surface area contributed by atoms with Crippen molar-refractivity contribution in [2.24, 2.45) is 0 Å². The molecule has 3 rings (SSSR count). The van der Waals surface area contributed by atoms with E-state index in [0.29, 0.717) is 23.1 Å². The molecule has 6 heteroatoms. The van der Waals surface area contributed by atoms with E-state index in [1.165, 1.54) is 7.11 Å². The average Bonchev–Trinajstić information content (AvgIpc) is 3.01. The highest BCUT2D eigenvalue weighted by atomic mass is 79.9. The molecule has 5 nitrogen and oxygen atoms in total. The Morgan fingerprint density at radius 1 is 1.16 bits per heavy atom. The number of halogens is 1. The molecule has 0 atom stereocenters. The minimum Gasteiger partial charge on any atom is -0.497 e. The Bertz CT molecular complexity index is 944. The van der Waals surface area contributed by atoms with E-state index >= 15 is 0 Å². The zero-order valence-corrected chi connectivity index (χ0v) is 15.4. The van der Waals surface area contributed by atoms with Gasteiger partial charge in [-0.3, -0.25) is 4.79 Å². The van der Waals surface area contributed by atoms with Gasteiger partial charge in [-0.15, -0.1) is 0 Å². The van der Waals surface area contributed by atoms with Gasteiger partial charge in [0.2, 0.25) is 0 Å². The molecule has 0 unspecified atom stereocenters. The van der Waals surface area contributed by atoms with Crippen LogP contribution in [0.5, 0.6) is 5.75 Å². The summed E-state index contributed by atoms with van der Waals surface area (Å²) >= 11 is 3.52. The van der Waals surface area contributed by atoms with E-state index in [9.17, 15) is 9.59 Å². The first-order valence-electron chi connectivity index (χ1n) is 7.56. The quantitative estimate of drug-likeness (QED) is 0.477. The summed E-state index contributed by atoms with van der Waals surface area (Å²) in [4.78, 5) is 23.6. The highest BCUT2D eigenvalue weighted by molar-refractivity contribution is 9.10. The number of hydrogen-bond donors (Lipinski definition) is 0. The van der Waals surface area contributed by atoms with E-state index in [1.54, 1.807) is 25.4 Å². The molecule has 1 aromatic heterocycles. The fourth-order valence-corrected chi connectivity index (χ4v) is 3.42. The minimum absolute atomic E-state index is 0.372. The zero-order chi connectivity index (χ0) is 18.0. The number of esters is 1. The number of hydrogen-bond acceptors (Lipinski definition) is 4. The van der Waals surface area contributed by atoms with E-state index in [1.807, 2.05) is 28.8 Å². The van der Waals surface area contributed by atoms with Crippen LogP contribution >= 0.6 is 15.9 Å². The standard InChI is InChI=1S/C19H16BrNO4/c1-24-14-5-3-12(4-6-14)9-21-10-13(11-22)17-15(19(23)25-2)7-8-16(20)18(17)21/h3-8,10-11H,9H2,1-2H3. The fraction of sp³-hybridized carbons (Fsp3) is 0.158. The molecule has 25 heavy (non-hydrogen) atoms. The number of fused-ring (bicyclic) bond motifs is 1. The van der Waals surface area contributed by atoms with Crippen molar-refractivity contribution in [3.8, 4) is 5.75 Å². The second-order valence-corrected chi connectivity index (χ2v) is 6.34. The Kier molecular flexibility index (Phi) is 4.90. The summed E-state index contributed by atoms with van der Waals surface area (Å²) in [6.07, 6.45) is 2.50. The Hall–Kier alpha value is -2.60. The van der Waals surface area contributed by atoms with Crippen LogP contribution in [0.4, 0.5) is 0 Å². The lowest BCUT2D eigenvalue weighted by atomic mass is 10.1. The maximum Gasteiger partial charge on any atom is 0.338 e. The molecule has 128 valence electrons. The summed E-state index contributed by atoms with van der Waals surface area (Å²) in [6.45, 7) is 0.553. The van der Waals surface area contributed by atoms with E-state index in [0.717, 1.165) is 27.6 Å². The Balaban J connectivity index is 2.15. The molecule has 0 aliphatic carbocycles. The predicted molar refractivity (Wildman–Crippen MR) is 98.5 cm³/mol. The number of methoxy groups -OCH3 is 2. The number of aldehydes is 1. The van der Waals surface area contributed by atoms with Crippen molar-refractivity contribution in [1.82, 2.24) is 4.57 Å².